The van der Waals surface area contributed by atoms with Crippen molar-refractivity contribution in [1.82, 2.24) is 0 Å². The van der Waals surface area contributed by atoms with Crippen LogP contribution in [0.2, 0.25) is 0 Å². The minimum atomic E-state index is -0.725. The highest BCUT2D eigenvalue weighted by Gasteiger charge is 2.12. The summed E-state index contributed by atoms with van der Waals surface area (Å²) in [6, 6.07) is 0. The fourth-order valence-electron chi connectivity index (χ4n) is 0.302. The lowest BCUT2D eigenvalue weighted by molar-refractivity contribution is 0.0600. The predicted octanol–water partition coefficient (Wildman–Crippen LogP) is 0.455. The van der Waals surface area contributed by atoms with Gasteiger partial charge in [-0.05, 0) is 27.8 Å². The summed E-state index contributed by atoms with van der Waals surface area (Å²) in [5.41, 5.74) is 8.76. The van der Waals surface area contributed by atoms with Gasteiger partial charge in [-0.3, -0.25) is 0 Å². The van der Waals surface area contributed by atoms with E-state index in [0.29, 0.717) is 0 Å². The van der Waals surface area contributed by atoms with Crippen LogP contribution in [0.3, 0.4) is 0 Å². The van der Waals surface area contributed by atoms with Gasteiger partial charge < -0.3 is 16.2 Å². The number of primary amides is 1. The first kappa shape index (κ1) is 12.0. The fraction of sp³-hybridized carbons (Fsp3) is 0.833. The Morgan fingerprint density at radius 2 is 1.60 bits per heavy atom. The highest BCUT2D eigenvalue weighted by molar-refractivity contribution is 5.65. The van der Waals surface area contributed by atoms with Crippen LogP contribution in [0.4, 0.5) is 4.79 Å². The van der Waals surface area contributed by atoms with Crippen LogP contribution in [0.25, 0.3) is 0 Å². The summed E-state index contributed by atoms with van der Waals surface area (Å²) < 4.78 is 4.58. The van der Waals surface area contributed by atoms with Gasteiger partial charge in [0.25, 0.3) is 0 Å². The maximum Gasteiger partial charge on any atom is 0.405 e. The molecule has 0 radical (unpaired) electrons. The van der Waals surface area contributed by atoms with Gasteiger partial charge >= 0.3 is 6.09 Å². The lowest BCUT2D eigenvalue weighted by Gasteiger charge is -2.16. The van der Waals surface area contributed by atoms with E-state index in [4.69, 9.17) is 5.73 Å². The largest absolute Gasteiger partial charge is 0.444 e. The number of hydrogen-bond donors (Lipinski definition) is 2. The molecule has 4 heteroatoms. The quantitative estimate of drug-likeness (QED) is 0.523. The second kappa shape index (κ2) is 5.05. The lowest BCUT2D eigenvalue weighted by Crippen LogP contribution is -2.27. The molecule has 4 nitrogen and oxygen atoms in total. The van der Waals surface area contributed by atoms with Crippen LogP contribution in [0.1, 0.15) is 20.8 Å². The normalized spacial score (nSPS) is 9.30. The second-order valence-corrected chi connectivity index (χ2v) is 2.53. The molecule has 0 fully saturated rings. The fourth-order valence-corrected chi connectivity index (χ4v) is 0.302. The average Bonchev–Trinajstić information content (AvgIpc) is 1.64. The van der Waals surface area contributed by atoms with E-state index < -0.39 is 11.7 Å². The number of hydrogen-bond acceptors (Lipinski definition) is 3. The van der Waals surface area contributed by atoms with Gasteiger partial charge in [0.1, 0.15) is 5.60 Å². The van der Waals surface area contributed by atoms with Crippen LogP contribution >= 0.6 is 0 Å². The smallest absolute Gasteiger partial charge is 0.405 e. The topological polar surface area (TPSA) is 78.3 Å². The standard InChI is InChI=1S/C5H11NO2.CH5N/c1-5(2,3)8-4(6)7;1-2/h1-3H3,(H2,6,7);2H2,1H3. The minimum absolute atomic E-state index is 0.453. The van der Waals surface area contributed by atoms with E-state index in [1.165, 1.54) is 7.05 Å². The third kappa shape index (κ3) is 15.7. The number of nitrogens with two attached hydrogens (primary N) is 2. The molecule has 0 aliphatic heterocycles. The van der Waals surface area contributed by atoms with Gasteiger partial charge in [0, 0.05) is 0 Å². The molecule has 0 saturated heterocycles. The van der Waals surface area contributed by atoms with E-state index in [9.17, 15) is 4.79 Å². The summed E-state index contributed by atoms with van der Waals surface area (Å²) in [7, 11) is 1.50. The van der Waals surface area contributed by atoms with Gasteiger partial charge in [-0.25, -0.2) is 4.79 Å². The van der Waals surface area contributed by atoms with Crippen molar-refractivity contribution >= 4 is 6.09 Å². The Balaban J connectivity index is 0. The molecule has 0 atom stereocenters. The van der Waals surface area contributed by atoms with Crippen LogP contribution in [-0.2, 0) is 4.74 Å². The Bertz CT molecular complexity index is 96.4. The van der Waals surface area contributed by atoms with Crippen LogP contribution in [0.15, 0.2) is 0 Å². The van der Waals surface area contributed by atoms with E-state index in [0.717, 1.165) is 0 Å². The highest BCUT2D eigenvalue weighted by atomic mass is 16.6. The molecule has 0 spiro atoms. The highest BCUT2D eigenvalue weighted by Crippen LogP contribution is 2.04. The van der Waals surface area contributed by atoms with Crippen molar-refractivity contribution in [3.05, 3.63) is 0 Å². The van der Waals surface area contributed by atoms with Crippen molar-refractivity contribution in [2.75, 3.05) is 7.05 Å². The Kier molecular flexibility index (Phi) is 6.04. The summed E-state index contributed by atoms with van der Waals surface area (Å²) in [4.78, 5) is 10.0. The van der Waals surface area contributed by atoms with Crippen molar-refractivity contribution in [2.24, 2.45) is 11.5 Å². The maximum atomic E-state index is 10.0. The number of carbonyl (C=O) groups excluding carboxylic acids is 1. The molecule has 0 aliphatic rings. The van der Waals surface area contributed by atoms with Gasteiger partial charge in [-0.1, -0.05) is 0 Å². The van der Waals surface area contributed by atoms with Crippen molar-refractivity contribution in [2.45, 2.75) is 26.4 Å². The zero-order chi connectivity index (χ0) is 8.78. The molecule has 0 bridgehead atoms. The number of carbonyl (C=O) groups is 1. The molecule has 4 N–H and O–H groups in total. The van der Waals surface area contributed by atoms with Crippen molar-refractivity contribution in [3.8, 4) is 0 Å². The average molecular weight is 148 g/mol. The van der Waals surface area contributed by atoms with Gasteiger partial charge in [-0.2, -0.15) is 0 Å². The monoisotopic (exact) mass is 148 g/mol. The van der Waals surface area contributed by atoms with Crippen molar-refractivity contribution < 1.29 is 9.53 Å². The number of amides is 1. The molecular weight excluding hydrogens is 132 g/mol. The Labute approximate surface area is 61.5 Å². The SMILES string of the molecule is CC(C)(C)OC(N)=O.CN. The van der Waals surface area contributed by atoms with Crippen LogP contribution < -0.4 is 11.5 Å². The molecular formula is C6H16N2O2. The summed E-state index contributed by atoms with van der Waals surface area (Å²) in [5, 5.41) is 0. The lowest BCUT2D eigenvalue weighted by atomic mass is 10.2. The first-order chi connectivity index (χ1) is 4.42. The van der Waals surface area contributed by atoms with Crippen LogP contribution in [-0.4, -0.2) is 18.7 Å². The van der Waals surface area contributed by atoms with E-state index in [1.54, 1.807) is 20.8 Å². The van der Waals surface area contributed by atoms with Crippen molar-refractivity contribution in [3.63, 3.8) is 0 Å². The zero-order valence-corrected chi connectivity index (χ0v) is 6.97. The van der Waals surface area contributed by atoms with E-state index in [-0.39, 0.29) is 0 Å². The minimum Gasteiger partial charge on any atom is -0.444 e. The third-order valence-corrected chi connectivity index (χ3v) is 0.407. The zero-order valence-electron chi connectivity index (χ0n) is 6.97. The van der Waals surface area contributed by atoms with Crippen LogP contribution in [0.5, 0.6) is 0 Å². The molecule has 0 saturated carbocycles. The molecule has 1 amide bonds. The molecule has 0 aromatic heterocycles. The first-order valence-electron chi connectivity index (χ1n) is 2.98. The summed E-state index contributed by atoms with van der Waals surface area (Å²) in [6.07, 6.45) is -0.725. The van der Waals surface area contributed by atoms with Crippen LogP contribution in [0, 0.1) is 0 Å². The van der Waals surface area contributed by atoms with Gasteiger partial charge in [0.15, 0.2) is 0 Å². The van der Waals surface area contributed by atoms with Gasteiger partial charge in [-0.15, -0.1) is 0 Å². The Hall–Kier alpha value is -0.770. The molecule has 0 rings (SSSR count). The molecule has 62 valence electrons. The first-order valence-corrected chi connectivity index (χ1v) is 2.98. The van der Waals surface area contributed by atoms with E-state index in [1.807, 2.05) is 0 Å². The summed E-state index contributed by atoms with van der Waals surface area (Å²) in [5.74, 6) is 0. The molecule has 0 unspecified atom stereocenters. The van der Waals surface area contributed by atoms with Gasteiger partial charge in [0.05, 0.1) is 0 Å². The molecule has 0 heterocycles. The maximum absolute atomic E-state index is 10.0. The predicted molar refractivity (Wildman–Crippen MR) is 40.5 cm³/mol. The molecule has 0 aromatic rings. The van der Waals surface area contributed by atoms with Gasteiger partial charge in [0.2, 0.25) is 0 Å². The molecule has 10 heavy (non-hydrogen) atoms. The van der Waals surface area contributed by atoms with Crippen molar-refractivity contribution in [1.29, 1.82) is 0 Å². The Morgan fingerprint density at radius 3 is 1.60 bits per heavy atom. The molecule has 0 aliphatic carbocycles. The summed E-state index contributed by atoms with van der Waals surface area (Å²) >= 11 is 0. The third-order valence-electron chi connectivity index (χ3n) is 0.407. The van der Waals surface area contributed by atoms with E-state index >= 15 is 0 Å². The second-order valence-electron chi connectivity index (χ2n) is 2.53. The number of ether oxygens (including phenoxy) is 1. The summed E-state index contributed by atoms with van der Waals surface area (Å²) in [6.45, 7) is 5.28. The van der Waals surface area contributed by atoms with E-state index in [2.05, 4.69) is 10.5 Å². The Morgan fingerprint density at radius 1 is 1.30 bits per heavy atom. The number of rotatable bonds is 0. The molecule has 0 aromatic carbocycles.